The van der Waals surface area contributed by atoms with Gasteiger partial charge in [0.15, 0.2) is 0 Å². The highest BCUT2D eigenvalue weighted by molar-refractivity contribution is 5.79. The fraction of sp³-hybridized carbons (Fsp3) is 0.500. The fourth-order valence-electron chi connectivity index (χ4n) is 2.42. The highest BCUT2D eigenvalue weighted by Crippen LogP contribution is 2.19. The Labute approximate surface area is 125 Å². The van der Waals surface area contributed by atoms with Crippen molar-refractivity contribution < 1.29 is 9.21 Å². The molecule has 2 heterocycles. The topological polar surface area (TPSA) is 51.3 Å². The molecule has 0 bridgehead atoms. The lowest BCUT2D eigenvalue weighted by Crippen LogP contribution is -2.33. The third-order valence-corrected chi connectivity index (χ3v) is 3.55. The van der Waals surface area contributed by atoms with Crippen LogP contribution < -0.4 is 0 Å². The molecule has 114 valence electrons. The number of likely N-dealkylation sites (N-methyl/N-ethyl adjacent to an activating group) is 1. The molecule has 0 spiro atoms. The molecule has 2 aromatic rings. The molecule has 0 aliphatic heterocycles. The lowest BCUT2D eigenvalue weighted by Gasteiger charge is -2.23. The summed E-state index contributed by atoms with van der Waals surface area (Å²) in [7, 11) is 1.79. The summed E-state index contributed by atoms with van der Waals surface area (Å²) in [4.78, 5) is 18.6. The highest BCUT2D eigenvalue weighted by atomic mass is 16.3. The van der Waals surface area contributed by atoms with Crippen LogP contribution in [-0.4, -0.2) is 27.4 Å². The molecule has 0 aliphatic rings. The normalized spacial score (nSPS) is 12.7. The summed E-state index contributed by atoms with van der Waals surface area (Å²) in [5.41, 5.74) is 0. The van der Waals surface area contributed by atoms with Crippen LogP contribution in [-0.2, 0) is 11.3 Å². The Morgan fingerprint density at radius 1 is 1.38 bits per heavy atom. The second-order valence-electron chi connectivity index (χ2n) is 5.73. The average molecular weight is 289 g/mol. The number of imidazole rings is 1. The number of rotatable bonds is 5. The van der Waals surface area contributed by atoms with Crippen LogP contribution in [0.1, 0.15) is 50.1 Å². The predicted molar refractivity (Wildman–Crippen MR) is 80.9 cm³/mol. The summed E-state index contributed by atoms with van der Waals surface area (Å²) in [6.45, 7) is 8.42. The van der Waals surface area contributed by atoms with Gasteiger partial charge in [-0.25, -0.2) is 4.98 Å². The molecule has 0 saturated heterocycles. The predicted octanol–water partition coefficient (Wildman–Crippen LogP) is 3.13. The molecule has 0 aromatic carbocycles. The van der Waals surface area contributed by atoms with E-state index in [0.717, 1.165) is 17.3 Å². The maximum absolute atomic E-state index is 12.6. The number of aryl methyl sites for hydroxylation is 1. The van der Waals surface area contributed by atoms with E-state index >= 15 is 0 Å². The third kappa shape index (κ3) is 3.35. The van der Waals surface area contributed by atoms with Gasteiger partial charge >= 0.3 is 0 Å². The van der Waals surface area contributed by atoms with Crippen molar-refractivity contribution in [2.45, 2.75) is 46.2 Å². The van der Waals surface area contributed by atoms with Crippen molar-refractivity contribution in [1.82, 2.24) is 14.5 Å². The molecule has 2 aromatic heterocycles. The molecule has 0 N–H and O–H groups in total. The van der Waals surface area contributed by atoms with Crippen molar-refractivity contribution >= 4 is 5.91 Å². The number of hydrogen-bond acceptors (Lipinski definition) is 3. The second-order valence-corrected chi connectivity index (χ2v) is 5.73. The summed E-state index contributed by atoms with van der Waals surface area (Å²) in [6.07, 6.45) is 3.61. The first-order chi connectivity index (χ1) is 9.90. The van der Waals surface area contributed by atoms with Crippen molar-refractivity contribution in [2.24, 2.45) is 0 Å². The average Bonchev–Trinajstić information content (AvgIpc) is 3.05. The minimum atomic E-state index is -0.272. The summed E-state index contributed by atoms with van der Waals surface area (Å²) in [5, 5.41) is 0. The highest BCUT2D eigenvalue weighted by Gasteiger charge is 2.22. The zero-order chi connectivity index (χ0) is 15.6. The Balaban J connectivity index is 2.09. The van der Waals surface area contributed by atoms with E-state index in [1.54, 1.807) is 18.1 Å². The van der Waals surface area contributed by atoms with Gasteiger partial charge in [0.1, 0.15) is 23.4 Å². The molecule has 1 atom stereocenters. The van der Waals surface area contributed by atoms with E-state index in [1.165, 1.54) is 0 Å². The molecule has 0 fully saturated rings. The first kappa shape index (κ1) is 15.4. The van der Waals surface area contributed by atoms with Crippen LogP contribution in [0.4, 0.5) is 0 Å². The van der Waals surface area contributed by atoms with Crippen LogP contribution in [0.2, 0.25) is 0 Å². The number of furan rings is 1. The molecule has 2 rings (SSSR count). The zero-order valence-electron chi connectivity index (χ0n) is 13.3. The van der Waals surface area contributed by atoms with Crippen LogP contribution in [0.25, 0.3) is 0 Å². The molecule has 1 amide bonds. The van der Waals surface area contributed by atoms with Crippen molar-refractivity contribution in [3.63, 3.8) is 0 Å². The smallest absolute Gasteiger partial charge is 0.245 e. The second kappa shape index (κ2) is 6.16. The SMILES string of the molecule is Cc1ccc(CN(C)C(=O)[C@@H](C)n2ccnc2C(C)C)o1. The van der Waals surface area contributed by atoms with Gasteiger partial charge in [0.2, 0.25) is 5.91 Å². The van der Waals surface area contributed by atoms with Crippen molar-refractivity contribution in [1.29, 1.82) is 0 Å². The molecule has 0 aliphatic carbocycles. The molecule has 5 nitrogen and oxygen atoms in total. The monoisotopic (exact) mass is 289 g/mol. The summed E-state index contributed by atoms with van der Waals surface area (Å²) in [6, 6.07) is 3.54. The van der Waals surface area contributed by atoms with Gasteiger partial charge in [-0.3, -0.25) is 4.79 Å². The van der Waals surface area contributed by atoms with E-state index in [-0.39, 0.29) is 17.9 Å². The summed E-state index contributed by atoms with van der Waals surface area (Å²) >= 11 is 0. The number of nitrogens with zero attached hydrogens (tertiary/aromatic N) is 3. The first-order valence-electron chi connectivity index (χ1n) is 7.23. The minimum Gasteiger partial charge on any atom is -0.464 e. The maximum atomic E-state index is 12.6. The van der Waals surface area contributed by atoms with E-state index in [4.69, 9.17) is 4.42 Å². The third-order valence-electron chi connectivity index (χ3n) is 3.55. The Morgan fingerprint density at radius 3 is 2.67 bits per heavy atom. The molecule has 0 saturated carbocycles. The van der Waals surface area contributed by atoms with Gasteiger partial charge in [-0.05, 0) is 26.0 Å². The lowest BCUT2D eigenvalue weighted by molar-refractivity contribution is -0.133. The molecule has 0 unspecified atom stereocenters. The van der Waals surface area contributed by atoms with E-state index in [1.807, 2.05) is 36.7 Å². The van der Waals surface area contributed by atoms with Crippen molar-refractivity contribution in [2.75, 3.05) is 7.05 Å². The number of carbonyl (C=O) groups excluding carboxylic acids is 1. The van der Waals surface area contributed by atoms with E-state index in [9.17, 15) is 4.79 Å². The van der Waals surface area contributed by atoms with Crippen molar-refractivity contribution in [3.8, 4) is 0 Å². The largest absolute Gasteiger partial charge is 0.464 e. The van der Waals surface area contributed by atoms with Crippen LogP contribution in [0.3, 0.4) is 0 Å². The maximum Gasteiger partial charge on any atom is 0.245 e. The van der Waals surface area contributed by atoms with Gasteiger partial charge in [0.25, 0.3) is 0 Å². The van der Waals surface area contributed by atoms with Crippen LogP contribution in [0.15, 0.2) is 28.9 Å². The Morgan fingerprint density at radius 2 is 2.10 bits per heavy atom. The van der Waals surface area contributed by atoms with Gasteiger partial charge in [-0.2, -0.15) is 0 Å². The van der Waals surface area contributed by atoms with Crippen LogP contribution in [0, 0.1) is 6.92 Å². The number of aromatic nitrogens is 2. The summed E-state index contributed by atoms with van der Waals surface area (Å²) < 4.78 is 7.47. The molecule has 21 heavy (non-hydrogen) atoms. The van der Waals surface area contributed by atoms with Crippen LogP contribution in [0.5, 0.6) is 0 Å². The minimum absolute atomic E-state index is 0.0453. The van der Waals surface area contributed by atoms with Gasteiger partial charge < -0.3 is 13.9 Å². The number of carbonyl (C=O) groups is 1. The Bertz CT molecular complexity index is 613. The van der Waals surface area contributed by atoms with E-state index in [0.29, 0.717) is 6.54 Å². The number of hydrogen-bond donors (Lipinski definition) is 0. The fourth-order valence-corrected chi connectivity index (χ4v) is 2.42. The van der Waals surface area contributed by atoms with Gasteiger partial charge in [0.05, 0.1) is 6.54 Å². The lowest BCUT2D eigenvalue weighted by atomic mass is 10.2. The van der Waals surface area contributed by atoms with Gasteiger partial charge in [-0.15, -0.1) is 0 Å². The number of amides is 1. The molecule has 0 radical (unpaired) electrons. The molecular formula is C16H23N3O2. The Kier molecular flexibility index (Phi) is 4.50. The van der Waals surface area contributed by atoms with E-state index < -0.39 is 0 Å². The summed E-state index contributed by atoms with van der Waals surface area (Å²) in [5.74, 6) is 2.91. The Hall–Kier alpha value is -2.04. The van der Waals surface area contributed by atoms with Gasteiger partial charge in [-0.1, -0.05) is 13.8 Å². The molecule has 5 heteroatoms. The first-order valence-corrected chi connectivity index (χ1v) is 7.23. The molecular weight excluding hydrogens is 266 g/mol. The van der Waals surface area contributed by atoms with E-state index in [2.05, 4.69) is 18.8 Å². The quantitative estimate of drug-likeness (QED) is 0.849. The standard InChI is InChI=1S/C16H23N3O2/c1-11(2)15-17-8-9-19(15)13(4)16(20)18(5)10-14-7-6-12(3)21-14/h6-9,11,13H,10H2,1-5H3/t13-/m1/s1. The van der Waals surface area contributed by atoms with Crippen molar-refractivity contribution in [3.05, 3.63) is 41.9 Å². The zero-order valence-corrected chi connectivity index (χ0v) is 13.3. The van der Waals surface area contributed by atoms with Crippen LogP contribution >= 0.6 is 0 Å². The van der Waals surface area contributed by atoms with Gasteiger partial charge in [0, 0.05) is 25.4 Å².